The van der Waals surface area contributed by atoms with Crippen molar-refractivity contribution in [3.63, 3.8) is 0 Å². The molecule has 37 heavy (non-hydrogen) atoms. The molecule has 3 rings (SSSR count). The van der Waals surface area contributed by atoms with Crippen LogP contribution in [-0.4, -0.2) is 30.7 Å². The van der Waals surface area contributed by atoms with Gasteiger partial charge in [0.1, 0.15) is 24.1 Å². The summed E-state index contributed by atoms with van der Waals surface area (Å²) < 4.78 is 11.4. The summed E-state index contributed by atoms with van der Waals surface area (Å²) in [6, 6.07) is 21.5. The van der Waals surface area contributed by atoms with Gasteiger partial charge in [0, 0.05) is 5.02 Å². The summed E-state index contributed by atoms with van der Waals surface area (Å²) in [5.41, 5.74) is 5.26. The van der Waals surface area contributed by atoms with E-state index in [-0.39, 0.29) is 18.4 Å². The van der Waals surface area contributed by atoms with Gasteiger partial charge in [-0.25, -0.2) is 5.43 Å². The van der Waals surface area contributed by atoms with E-state index in [0.29, 0.717) is 29.5 Å². The van der Waals surface area contributed by atoms with Gasteiger partial charge in [-0.05, 0) is 78.4 Å². The van der Waals surface area contributed by atoms with E-state index in [4.69, 9.17) is 21.1 Å². The van der Waals surface area contributed by atoms with Crippen molar-refractivity contribution in [3.8, 4) is 11.5 Å². The molecule has 7 nitrogen and oxygen atoms in total. The highest BCUT2D eigenvalue weighted by Crippen LogP contribution is 2.17. The Kier molecular flexibility index (Phi) is 10.5. The van der Waals surface area contributed by atoms with Crippen molar-refractivity contribution in [2.24, 2.45) is 11.0 Å². The molecule has 0 aromatic heterocycles. The summed E-state index contributed by atoms with van der Waals surface area (Å²) in [6.07, 6.45) is 2.01. The van der Waals surface area contributed by atoms with E-state index < -0.39 is 11.9 Å². The van der Waals surface area contributed by atoms with Gasteiger partial charge in [0.05, 0.1) is 6.21 Å². The molecular weight excluding hydrogens is 490 g/mol. The standard InChI is InChI=1S/C29H32ClN3O4/c1-20(2)16-26(32-28(34)19-37-27-7-5-4-6-21(27)3)29(35)33-31-17-22-10-14-25(15-11-22)36-18-23-8-12-24(30)13-9-23/h4-15,17,20,26H,16,18-19H2,1-3H3,(H,32,34)(H,33,35)/b31-17-/t26-/m0/s1. The van der Waals surface area contributed by atoms with Crippen molar-refractivity contribution >= 4 is 29.6 Å². The Morgan fingerprint density at radius 3 is 2.35 bits per heavy atom. The van der Waals surface area contributed by atoms with Crippen molar-refractivity contribution in [2.45, 2.75) is 39.8 Å². The molecular formula is C29H32ClN3O4. The molecule has 1 atom stereocenters. The van der Waals surface area contributed by atoms with Crippen molar-refractivity contribution < 1.29 is 19.1 Å². The van der Waals surface area contributed by atoms with Crippen LogP contribution in [0.15, 0.2) is 77.9 Å². The molecule has 2 N–H and O–H groups in total. The molecule has 0 aliphatic heterocycles. The largest absolute Gasteiger partial charge is 0.489 e. The number of benzene rings is 3. The predicted molar refractivity (Wildman–Crippen MR) is 146 cm³/mol. The number of hydrazone groups is 1. The SMILES string of the molecule is Cc1ccccc1OCC(=O)N[C@@H](CC(C)C)C(=O)N/N=C\c1ccc(OCc2ccc(Cl)cc2)cc1. The van der Waals surface area contributed by atoms with Crippen LogP contribution in [0.2, 0.25) is 5.02 Å². The molecule has 0 fully saturated rings. The summed E-state index contributed by atoms with van der Waals surface area (Å²) in [7, 11) is 0. The highest BCUT2D eigenvalue weighted by molar-refractivity contribution is 6.30. The second-order valence-corrected chi connectivity index (χ2v) is 9.46. The van der Waals surface area contributed by atoms with Crippen LogP contribution < -0.4 is 20.2 Å². The van der Waals surface area contributed by atoms with Crippen LogP contribution in [0.1, 0.15) is 37.0 Å². The zero-order chi connectivity index (χ0) is 26.6. The summed E-state index contributed by atoms with van der Waals surface area (Å²) in [4.78, 5) is 25.2. The molecule has 8 heteroatoms. The second kappa shape index (κ2) is 14.0. The van der Waals surface area contributed by atoms with Crippen LogP contribution >= 0.6 is 11.6 Å². The number of halogens is 1. The molecule has 0 aliphatic rings. The predicted octanol–water partition coefficient (Wildman–Crippen LogP) is 5.29. The van der Waals surface area contributed by atoms with E-state index in [0.717, 1.165) is 16.7 Å². The summed E-state index contributed by atoms with van der Waals surface area (Å²) in [5, 5.41) is 7.49. The van der Waals surface area contributed by atoms with E-state index in [1.54, 1.807) is 6.07 Å². The number of carbonyl (C=O) groups is 2. The highest BCUT2D eigenvalue weighted by atomic mass is 35.5. The van der Waals surface area contributed by atoms with Gasteiger partial charge in [-0.15, -0.1) is 0 Å². The third-order valence-electron chi connectivity index (χ3n) is 5.40. The first-order valence-corrected chi connectivity index (χ1v) is 12.5. The molecule has 3 aromatic carbocycles. The van der Waals surface area contributed by atoms with Crippen molar-refractivity contribution in [2.75, 3.05) is 6.61 Å². The number of hydrogen-bond acceptors (Lipinski definition) is 5. The Balaban J connectivity index is 1.48. The van der Waals surface area contributed by atoms with Crippen LogP contribution in [0.25, 0.3) is 0 Å². The Bertz CT molecular complexity index is 1190. The van der Waals surface area contributed by atoms with Gasteiger partial charge < -0.3 is 14.8 Å². The van der Waals surface area contributed by atoms with E-state index in [1.165, 1.54) is 6.21 Å². The van der Waals surface area contributed by atoms with Gasteiger partial charge in [-0.1, -0.05) is 55.8 Å². The van der Waals surface area contributed by atoms with Crippen molar-refractivity contribution in [1.82, 2.24) is 10.7 Å². The van der Waals surface area contributed by atoms with Crippen molar-refractivity contribution in [1.29, 1.82) is 0 Å². The Morgan fingerprint density at radius 1 is 0.973 bits per heavy atom. The molecule has 0 saturated carbocycles. The Morgan fingerprint density at radius 2 is 1.68 bits per heavy atom. The van der Waals surface area contributed by atoms with Crippen LogP contribution in [0.4, 0.5) is 0 Å². The maximum absolute atomic E-state index is 12.7. The lowest BCUT2D eigenvalue weighted by Crippen LogP contribution is -2.47. The fraction of sp³-hybridized carbons (Fsp3) is 0.276. The molecule has 0 spiro atoms. The lowest BCUT2D eigenvalue weighted by Gasteiger charge is -2.19. The minimum Gasteiger partial charge on any atom is -0.489 e. The van der Waals surface area contributed by atoms with Gasteiger partial charge in [0.2, 0.25) is 0 Å². The van der Waals surface area contributed by atoms with Gasteiger partial charge in [0.25, 0.3) is 11.8 Å². The zero-order valence-electron chi connectivity index (χ0n) is 21.2. The van der Waals surface area contributed by atoms with Crippen molar-refractivity contribution in [3.05, 3.63) is 94.5 Å². The maximum atomic E-state index is 12.7. The number of ether oxygens (including phenoxy) is 2. The van der Waals surface area contributed by atoms with Crippen LogP contribution in [0.5, 0.6) is 11.5 Å². The normalized spacial score (nSPS) is 11.8. The molecule has 3 aromatic rings. The Labute approximate surface area is 222 Å². The first-order chi connectivity index (χ1) is 17.8. The van der Waals surface area contributed by atoms with Gasteiger partial charge in [-0.3, -0.25) is 9.59 Å². The number of aryl methyl sites for hydroxylation is 1. The zero-order valence-corrected chi connectivity index (χ0v) is 22.0. The number of amides is 2. The quantitative estimate of drug-likeness (QED) is 0.250. The number of para-hydroxylation sites is 1. The number of rotatable bonds is 12. The number of nitrogens with one attached hydrogen (secondary N) is 2. The lowest BCUT2D eigenvalue weighted by molar-refractivity contribution is -0.130. The third-order valence-corrected chi connectivity index (χ3v) is 5.65. The average molecular weight is 522 g/mol. The van der Waals surface area contributed by atoms with Gasteiger partial charge >= 0.3 is 0 Å². The second-order valence-electron chi connectivity index (χ2n) is 9.02. The van der Waals surface area contributed by atoms with Gasteiger partial charge in [0.15, 0.2) is 6.61 Å². The monoisotopic (exact) mass is 521 g/mol. The summed E-state index contributed by atoms with van der Waals surface area (Å²) >= 11 is 5.90. The fourth-order valence-corrected chi connectivity index (χ4v) is 3.57. The minimum absolute atomic E-state index is 0.178. The summed E-state index contributed by atoms with van der Waals surface area (Å²) in [6.45, 7) is 6.12. The molecule has 2 amide bonds. The third kappa shape index (κ3) is 9.61. The summed E-state index contributed by atoms with van der Waals surface area (Å²) in [5.74, 6) is 0.773. The molecule has 194 valence electrons. The van der Waals surface area contributed by atoms with Crippen LogP contribution in [0, 0.1) is 12.8 Å². The van der Waals surface area contributed by atoms with E-state index in [1.807, 2.05) is 87.5 Å². The molecule has 0 radical (unpaired) electrons. The Hall–Kier alpha value is -3.84. The van der Waals surface area contributed by atoms with Gasteiger partial charge in [-0.2, -0.15) is 5.10 Å². The topological polar surface area (TPSA) is 89.0 Å². The van der Waals surface area contributed by atoms with E-state index >= 15 is 0 Å². The lowest BCUT2D eigenvalue weighted by atomic mass is 10.0. The molecule has 0 bridgehead atoms. The van der Waals surface area contributed by atoms with Crippen LogP contribution in [0.3, 0.4) is 0 Å². The average Bonchev–Trinajstić information content (AvgIpc) is 2.88. The smallest absolute Gasteiger partial charge is 0.262 e. The number of nitrogens with zero attached hydrogens (tertiary/aromatic N) is 1. The maximum Gasteiger partial charge on any atom is 0.262 e. The fourth-order valence-electron chi connectivity index (χ4n) is 3.45. The van der Waals surface area contributed by atoms with E-state index in [2.05, 4.69) is 15.8 Å². The molecule has 0 heterocycles. The molecule has 0 aliphatic carbocycles. The number of carbonyl (C=O) groups excluding carboxylic acids is 2. The minimum atomic E-state index is -0.728. The molecule has 0 saturated heterocycles. The van der Waals surface area contributed by atoms with Crippen LogP contribution in [-0.2, 0) is 16.2 Å². The first kappa shape index (κ1) is 27.7. The molecule has 0 unspecified atom stereocenters. The first-order valence-electron chi connectivity index (χ1n) is 12.1. The number of hydrogen-bond donors (Lipinski definition) is 2. The van der Waals surface area contributed by atoms with E-state index in [9.17, 15) is 9.59 Å². The highest BCUT2D eigenvalue weighted by Gasteiger charge is 2.22.